The Morgan fingerprint density at radius 1 is 1.28 bits per heavy atom. The molecule has 0 saturated carbocycles. The number of fused-ring (bicyclic) bond motifs is 1. The Kier molecular flexibility index (Phi) is 5.25. The molecular weight excluding hydrogens is 415 g/mol. The van der Waals surface area contributed by atoms with Crippen molar-refractivity contribution >= 4 is 22.6 Å². The van der Waals surface area contributed by atoms with E-state index in [-0.39, 0.29) is 11.1 Å². The number of carbonyl (C=O) groups is 1. The van der Waals surface area contributed by atoms with Crippen molar-refractivity contribution in [2.45, 2.75) is 26.8 Å². The number of hydrogen-bond donors (Lipinski definition) is 2. The van der Waals surface area contributed by atoms with E-state index in [9.17, 15) is 19.1 Å². The lowest BCUT2D eigenvalue weighted by molar-refractivity contribution is 0.0690. The SMILES string of the molecule is Cc1cc(C(C)Nc2ccc(F)nc2C(=O)O)c2oc(-c3cnn(C)c3)c(C)c(=O)c2c1. The van der Waals surface area contributed by atoms with E-state index in [4.69, 9.17) is 4.42 Å². The Bertz CT molecular complexity index is 1420. The highest BCUT2D eigenvalue weighted by molar-refractivity contribution is 5.92. The van der Waals surface area contributed by atoms with E-state index in [1.807, 2.05) is 13.0 Å². The molecule has 0 aliphatic carbocycles. The number of anilines is 1. The van der Waals surface area contributed by atoms with Gasteiger partial charge in [-0.15, -0.1) is 0 Å². The van der Waals surface area contributed by atoms with Crippen molar-refractivity contribution in [3.63, 3.8) is 0 Å². The van der Waals surface area contributed by atoms with Crippen molar-refractivity contribution in [2.75, 3.05) is 5.32 Å². The van der Waals surface area contributed by atoms with Crippen LogP contribution < -0.4 is 10.7 Å². The van der Waals surface area contributed by atoms with E-state index in [0.29, 0.717) is 33.4 Å². The number of rotatable bonds is 5. The Morgan fingerprint density at radius 3 is 2.69 bits per heavy atom. The van der Waals surface area contributed by atoms with Crippen molar-refractivity contribution in [3.05, 3.63) is 75.2 Å². The first kappa shape index (κ1) is 21.2. The number of carboxylic acids is 1. The van der Waals surface area contributed by atoms with E-state index in [1.165, 1.54) is 6.07 Å². The van der Waals surface area contributed by atoms with Gasteiger partial charge in [-0.3, -0.25) is 9.48 Å². The van der Waals surface area contributed by atoms with Crippen LogP contribution in [0.4, 0.5) is 10.1 Å². The van der Waals surface area contributed by atoms with Crippen LogP contribution in [0.15, 0.2) is 45.9 Å². The van der Waals surface area contributed by atoms with Gasteiger partial charge in [0.15, 0.2) is 11.1 Å². The zero-order valence-electron chi connectivity index (χ0n) is 17.9. The highest BCUT2D eigenvalue weighted by Crippen LogP contribution is 2.32. The summed E-state index contributed by atoms with van der Waals surface area (Å²) in [7, 11) is 1.77. The summed E-state index contributed by atoms with van der Waals surface area (Å²) in [6.07, 6.45) is 3.38. The number of nitrogens with one attached hydrogen (secondary N) is 1. The molecular formula is C23H21FN4O4. The minimum atomic E-state index is -1.35. The second-order valence-corrected chi connectivity index (χ2v) is 7.72. The third-order valence-corrected chi connectivity index (χ3v) is 5.26. The second kappa shape index (κ2) is 7.92. The monoisotopic (exact) mass is 436 g/mol. The maximum Gasteiger partial charge on any atom is 0.356 e. The Balaban J connectivity index is 1.88. The minimum absolute atomic E-state index is 0.156. The van der Waals surface area contributed by atoms with Gasteiger partial charge in [0.05, 0.1) is 28.9 Å². The fourth-order valence-electron chi connectivity index (χ4n) is 3.73. The van der Waals surface area contributed by atoms with Crippen molar-refractivity contribution in [1.82, 2.24) is 14.8 Å². The highest BCUT2D eigenvalue weighted by atomic mass is 19.1. The topological polar surface area (TPSA) is 110 Å². The Labute approximate surface area is 182 Å². The van der Waals surface area contributed by atoms with Crippen LogP contribution in [0, 0.1) is 19.8 Å². The summed E-state index contributed by atoms with van der Waals surface area (Å²) >= 11 is 0. The number of aromatic carboxylic acids is 1. The second-order valence-electron chi connectivity index (χ2n) is 7.72. The average molecular weight is 436 g/mol. The molecule has 1 atom stereocenters. The number of carboxylic acid groups (broad SMARTS) is 1. The van der Waals surface area contributed by atoms with Gasteiger partial charge in [0, 0.05) is 24.4 Å². The highest BCUT2D eigenvalue weighted by Gasteiger charge is 2.21. The molecule has 1 unspecified atom stereocenters. The van der Waals surface area contributed by atoms with E-state index >= 15 is 0 Å². The summed E-state index contributed by atoms with van der Waals surface area (Å²) < 4.78 is 21.3. The van der Waals surface area contributed by atoms with Crippen molar-refractivity contribution < 1.29 is 18.7 Å². The van der Waals surface area contributed by atoms with Crippen molar-refractivity contribution in [1.29, 1.82) is 0 Å². The molecule has 0 bridgehead atoms. The molecule has 0 spiro atoms. The molecule has 9 heteroatoms. The van der Waals surface area contributed by atoms with Crippen molar-refractivity contribution in [3.8, 4) is 11.3 Å². The molecule has 2 N–H and O–H groups in total. The predicted octanol–water partition coefficient (Wildman–Crippen LogP) is 4.22. The molecule has 0 radical (unpaired) electrons. The standard InChI is InChI=1S/C23H21FN4O4/c1-11-7-15(13(3)26-17-5-6-18(24)27-19(17)23(30)31)22-16(8-11)20(29)12(2)21(32-22)14-9-25-28(4)10-14/h5-10,13,26H,1-4H3,(H,30,31). The van der Waals surface area contributed by atoms with Crippen LogP contribution in [0.3, 0.4) is 0 Å². The van der Waals surface area contributed by atoms with Crippen LogP contribution >= 0.6 is 0 Å². The fourth-order valence-corrected chi connectivity index (χ4v) is 3.73. The van der Waals surface area contributed by atoms with Gasteiger partial charge in [-0.25, -0.2) is 9.78 Å². The number of aromatic nitrogens is 3. The molecule has 1 aromatic carbocycles. The summed E-state index contributed by atoms with van der Waals surface area (Å²) in [6, 6.07) is 5.55. The molecule has 3 heterocycles. The van der Waals surface area contributed by atoms with Crippen molar-refractivity contribution in [2.24, 2.45) is 7.05 Å². The first-order valence-electron chi connectivity index (χ1n) is 9.89. The average Bonchev–Trinajstić information content (AvgIpc) is 3.17. The predicted molar refractivity (Wildman–Crippen MR) is 117 cm³/mol. The molecule has 0 fully saturated rings. The number of aryl methyl sites for hydroxylation is 2. The maximum atomic E-state index is 13.5. The first-order chi connectivity index (χ1) is 15.2. The van der Waals surface area contributed by atoms with Gasteiger partial charge < -0.3 is 14.8 Å². The molecule has 3 aromatic heterocycles. The third-order valence-electron chi connectivity index (χ3n) is 5.26. The van der Waals surface area contributed by atoms with Gasteiger partial charge in [0.1, 0.15) is 11.3 Å². The number of hydrogen-bond acceptors (Lipinski definition) is 6. The zero-order valence-corrected chi connectivity index (χ0v) is 17.9. The third kappa shape index (κ3) is 3.73. The maximum absolute atomic E-state index is 13.5. The minimum Gasteiger partial charge on any atom is -0.476 e. The molecule has 0 aliphatic rings. The number of halogens is 1. The summed E-state index contributed by atoms with van der Waals surface area (Å²) in [5.41, 5.74) is 2.60. The molecule has 164 valence electrons. The Hall–Kier alpha value is -4.01. The molecule has 4 rings (SSSR count). The normalized spacial score (nSPS) is 12.2. The van der Waals surface area contributed by atoms with Crippen LogP contribution in [-0.2, 0) is 7.05 Å². The zero-order chi connectivity index (χ0) is 23.2. The number of nitrogens with zero attached hydrogens (tertiary/aromatic N) is 3. The fraction of sp³-hybridized carbons (Fsp3) is 0.217. The number of pyridine rings is 1. The van der Waals surface area contributed by atoms with E-state index in [1.54, 1.807) is 44.0 Å². The van der Waals surface area contributed by atoms with Gasteiger partial charge in [0.25, 0.3) is 0 Å². The summed E-state index contributed by atoms with van der Waals surface area (Å²) in [4.78, 5) is 28.1. The van der Waals surface area contributed by atoms with E-state index < -0.39 is 23.7 Å². The van der Waals surface area contributed by atoms with Gasteiger partial charge in [-0.05, 0) is 44.5 Å². The molecule has 32 heavy (non-hydrogen) atoms. The van der Waals surface area contributed by atoms with Crippen LogP contribution in [-0.4, -0.2) is 25.8 Å². The molecule has 0 saturated heterocycles. The molecule has 0 aliphatic heterocycles. The van der Waals surface area contributed by atoms with Crippen LogP contribution in [0.2, 0.25) is 0 Å². The van der Waals surface area contributed by atoms with Gasteiger partial charge in [-0.1, -0.05) is 6.07 Å². The first-order valence-corrected chi connectivity index (χ1v) is 9.89. The Morgan fingerprint density at radius 2 is 2.03 bits per heavy atom. The lowest BCUT2D eigenvalue weighted by Crippen LogP contribution is -2.15. The summed E-state index contributed by atoms with van der Waals surface area (Å²) in [5, 5.41) is 17.0. The molecule has 4 aromatic rings. The quantitative estimate of drug-likeness (QED) is 0.451. The largest absolute Gasteiger partial charge is 0.476 e. The smallest absolute Gasteiger partial charge is 0.356 e. The number of benzene rings is 1. The summed E-state index contributed by atoms with van der Waals surface area (Å²) in [6.45, 7) is 5.37. The molecule has 0 amide bonds. The van der Waals surface area contributed by atoms with Gasteiger partial charge in [-0.2, -0.15) is 9.49 Å². The molecule has 8 nitrogen and oxygen atoms in total. The van der Waals surface area contributed by atoms with Gasteiger partial charge >= 0.3 is 5.97 Å². The van der Waals surface area contributed by atoms with E-state index in [2.05, 4.69) is 15.4 Å². The van der Waals surface area contributed by atoms with Crippen LogP contribution in [0.1, 0.15) is 40.1 Å². The lowest BCUT2D eigenvalue weighted by Gasteiger charge is -2.19. The van der Waals surface area contributed by atoms with Gasteiger partial charge in [0.2, 0.25) is 5.95 Å². The van der Waals surface area contributed by atoms with E-state index in [0.717, 1.165) is 11.6 Å². The van der Waals surface area contributed by atoms with Crippen LogP contribution in [0.5, 0.6) is 0 Å². The lowest BCUT2D eigenvalue weighted by atomic mass is 9.99. The van der Waals surface area contributed by atoms with Crippen LogP contribution in [0.25, 0.3) is 22.3 Å². The summed E-state index contributed by atoms with van der Waals surface area (Å²) in [5.74, 6) is -1.82.